The molecule has 5 heteroatoms. The fourth-order valence-electron chi connectivity index (χ4n) is 2.34. The van der Waals surface area contributed by atoms with E-state index in [1.54, 1.807) is 0 Å². The van der Waals surface area contributed by atoms with Crippen molar-refractivity contribution in [1.29, 1.82) is 0 Å². The molecule has 1 aliphatic rings. The summed E-state index contributed by atoms with van der Waals surface area (Å²) in [7, 11) is 0. The highest BCUT2D eigenvalue weighted by Gasteiger charge is 2.22. The zero-order chi connectivity index (χ0) is 13.0. The van der Waals surface area contributed by atoms with Gasteiger partial charge in [0.1, 0.15) is 0 Å². The number of rotatable bonds is 5. The number of nitrogens with zero attached hydrogens (tertiary/aromatic N) is 3. The van der Waals surface area contributed by atoms with Crippen LogP contribution in [0.2, 0.25) is 0 Å². The highest BCUT2D eigenvalue weighted by atomic mass is 16.5. The molecule has 2 rings (SSSR count). The predicted octanol–water partition coefficient (Wildman–Crippen LogP) is 0.494. The van der Waals surface area contributed by atoms with Crippen molar-refractivity contribution in [3.8, 4) is 0 Å². The number of ether oxygens (including phenoxy) is 1. The van der Waals surface area contributed by atoms with Crippen LogP contribution in [-0.2, 0) is 17.7 Å². The van der Waals surface area contributed by atoms with Crippen LogP contribution >= 0.6 is 0 Å². The van der Waals surface area contributed by atoms with Gasteiger partial charge in [0, 0.05) is 31.7 Å². The Morgan fingerprint density at radius 1 is 1.56 bits per heavy atom. The van der Waals surface area contributed by atoms with E-state index >= 15 is 0 Å². The molecule has 0 bridgehead atoms. The summed E-state index contributed by atoms with van der Waals surface area (Å²) in [4.78, 5) is 6.80. The molecule has 0 aliphatic carbocycles. The monoisotopic (exact) mass is 252 g/mol. The maximum Gasteiger partial charge on any atom is 0.0950 e. The topological polar surface area (TPSA) is 56.3 Å². The summed E-state index contributed by atoms with van der Waals surface area (Å²) in [5, 5.41) is 0. The summed E-state index contributed by atoms with van der Waals surface area (Å²) in [5.41, 5.74) is 6.59. The second-order valence-corrected chi connectivity index (χ2v) is 5.18. The Hall–Kier alpha value is -0.910. The van der Waals surface area contributed by atoms with E-state index in [0.29, 0.717) is 12.6 Å². The fourth-order valence-corrected chi connectivity index (χ4v) is 2.34. The lowest BCUT2D eigenvalue weighted by Gasteiger charge is -2.35. The van der Waals surface area contributed by atoms with Crippen LogP contribution in [0, 0.1) is 0 Å². The highest BCUT2D eigenvalue weighted by Crippen LogP contribution is 2.11. The van der Waals surface area contributed by atoms with Gasteiger partial charge in [-0.2, -0.15) is 0 Å². The van der Waals surface area contributed by atoms with Crippen LogP contribution in [0.15, 0.2) is 12.5 Å². The van der Waals surface area contributed by atoms with Crippen LogP contribution in [-0.4, -0.2) is 52.8 Å². The Morgan fingerprint density at radius 2 is 2.39 bits per heavy atom. The van der Waals surface area contributed by atoms with E-state index in [1.807, 2.05) is 6.33 Å². The average molecular weight is 252 g/mol. The van der Waals surface area contributed by atoms with Crippen molar-refractivity contribution < 1.29 is 4.74 Å². The van der Waals surface area contributed by atoms with Crippen molar-refractivity contribution in [2.24, 2.45) is 5.73 Å². The molecule has 1 aliphatic heterocycles. The lowest BCUT2D eigenvalue weighted by atomic mass is 10.2. The average Bonchev–Trinajstić information content (AvgIpc) is 2.77. The molecule has 2 heterocycles. The van der Waals surface area contributed by atoms with Gasteiger partial charge in [-0.25, -0.2) is 4.98 Å². The summed E-state index contributed by atoms with van der Waals surface area (Å²) >= 11 is 0. The normalized spacial score (nSPS) is 21.7. The maximum absolute atomic E-state index is 5.82. The van der Waals surface area contributed by atoms with Gasteiger partial charge in [-0.05, 0) is 20.4 Å². The standard InChI is InChI=1S/C13H24N4O/c1-11(2)17-5-6-18-13(9-17)8-16-7-12(3-4-14)15-10-16/h7,10-11,13H,3-6,8-9,14H2,1-2H3. The van der Waals surface area contributed by atoms with E-state index < -0.39 is 0 Å². The summed E-state index contributed by atoms with van der Waals surface area (Å²) in [6.07, 6.45) is 5.06. The maximum atomic E-state index is 5.82. The van der Waals surface area contributed by atoms with Gasteiger partial charge in [-0.1, -0.05) is 0 Å². The smallest absolute Gasteiger partial charge is 0.0950 e. The quantitative estimate of drug-likeness (QED) is 0.829. The van der Waals surface area contributed by atoms with Crippen LogP contribution in [0.1, 0.15) is 19.5 Å². The lowest BCUT2D eigenvalue weighted by molar-refractivity contribution is -0.0456. The van der Waals surface area contributed by atoms with Crippen molar-refractivity contribution >= 4 is 0 Å². The number of morpholine rings is 1. The number of nitrogens with two attached hydrogens (primary N) is 1. The number of hydrogen-bond donors (Lipinski definition) is 1. The summed E-state index contributed by atoms with van der Waals surface area (Å²) in [6, 6.07) is 0.590. The molecule has 0 radical (unpaired) electrons. The fraction of sp³-hybridized carbons (Fsp3) is 0.769. The molecule has 0 aromatic carbocycles. The van der Waals surface area contributed by atoms with Gasteiger partial charge in [0.15, 0.2) is 0 Å². The third-order valence-electron chi connectivity index (χ3n) is 3.40. The van der Waals surface area contributed by atoms with Gasteiger partial charge in [-0.3, -0.25) is 4.90 Å². The first-order valence-corrected chi connectivity index (χ1v) is 6.75. The third-order valence-corrected chi connectivity index (χ3v) is 3.40. The molecule has 18 heavy (non-hydrogen) atoms. The van der Waals surface area contributed by atoms with E-state index in [-0.39, 0.29) is 6.10 Å². The Balaban J connectivity index is 1.87. The Morgan fingerprint density at radius 3 is 3.11 bits per heavy atom. The molecule has 5 nitrogen and oxygen atoms in total. The zero-order valence-electron chi connectivity index (χ0n) is 11.4. The number of imidazole rings is 1. The molecule has 0 amide bonds. The second kappa shape index (κ2) is 6.31. The largest absolute Gasteiger partial charge is 0.374 e. The highest BCUT2D eigenvalue weighted by molar-refractivity contribution is 4.97. The Kier molecular flexibility index (Phi) is 4.74. The first kappa shape index (κ1) is 13.5. The minimum Gasteiger partial charge on any atom is -0.374 e. The minimum atomic E-state index is 0.265. The van der Waals surface area contributed by atoms with Crippen LogP contribution in [0.4, 0.5) is 0 Å². The van der Waals surface area contributed by atoms with E-state index in [4.69, 9.17) is 10.5 Å². The molecular weight excluding hydrogens is 228 g/mol. The summed E-state index contributed by atoms with van der Waals surface area (Å²) in [6.45, 7) is 8.86. The van der Waals surface area contributed by atoms with Crippen molar-refractivity contribution in [3.63, 3.8) is 0 Å². The first-order chi connectivity index (χ1) is 8.69. The van der Waals surface area contributed by atoms with Gasteiger partial charge in [0.05, 0.1) is 31.3 Å². The van der Waals surface area contributed by atoms with Crippen molar-refractivity contribution in [3.05, 3.63) is 18.2 Å². The molecule has 1 atom stereocenters. The molecule has 1 saturated heterocycles. The van der Waals surface area contributed by atoms with Crippen LogP contribution < -0.4 is 5.73 Å². The van der Waals surface area contributed by atoms with Crippen molar-refractivity contribution in [2.45, 2.75) is 39.0 Å². The Bertz CT molecular complexity index is 364. The third kappa shape index (κ3) is 3.54. The van der Waals surface area contributed by atoms with Crippen LogP contribution in [0.5, 0.6) is 0 Å². The van der Waals surface area contributed by atoms with E-state index in [9.17, 15) is 0 Å². The van der Waals surface area contributed by atoms with Gasteiger partial charge in [0.2, 0.25) is 0 Å². The summed E-state index contributed by atoms with van der Waals surface area (Å²) in [5.74, 6) is 0. The summed E-state index contributed by atoms with van der Waals surface area (Å²) < 4.78 is 7.93. The molecule has 0 saturated carbocycles. The van der Waals surface area contributed by atoms with Gasteiger partial charge in [0.25, 0.3) is 0 Å². The molecule has 1 aromatic heterocycles. The lowest BCUT2D eigenvalue weighted by Crippen LogP contribution is -2.47. The van der Waals surface area contributed by atoms with Gasteiger partial charge >= 0.3 is 0 Å². The van der Waals surface area contributed by atoms with Crippen molar-refractivity contribution in [2.75, 3.05) is 26.2 Å². The van der Waals surface area contributed by atoms with E-state index in [2.05, 4.69) is 34.5 Å². The SMILES string of the molecule is CC(C)N1CCOC(Cn2cnc(CCN)c2)C1. The molecule has 0 spiro atoms. The van der Waals surface area contributed by atoms with Gasteiger partial charge < -0.3 is 15.0 Å². The van der Waals surface area contributed by atoms with E-state index in [1.165, 1.54) is 0 Å². The van der Waals surface area contributed by atoms with Crippen LogP contribution in [0.3, 0.4) is 0 Å². The van der Waals surface area contributed by atoms with Crippen LogP contribution in [0.25, 0.3) is 0 Å². The molecule has 2 N–H and O–H groups in total. The van der Waals surface area contributed by atoms with E-state index in [0.717, 1.165) is 38.4 Å². The Labute approximate surface area is 109 Å². The zero-order valence-corrected chi connectivity index (χ0v) is 11.4. The number of hydrogen-bond acceptors (Lipinski definition) is 4. The predicted molar refractivity (Wildman–Crippen MR) is 71.4 cm³/mol. The second-order valence-electron chi connectivity index (χ2n) is 5.18. The first-order valence-electron chi connectivity index (χ1n) is 6.75. The molecule has 1 fully saturated rings. The van der Waals surface area contributed by atoms with Crippen molar-refractivity contribution in [1.82, 2.24) is 14.5 Å². The minimum absolute atomic E-state index is 0.265. The van der Waals surface area contributed by atoms with Gasteiger partial charge in [-0.15, -0.1) is 0 Å². The molecule has 1 aromatic rings. The molecule has 102 valence electrons. The molecular formula is C13H24N4O. The number of aromatic nitrogens is 2. The molecule has 1 unspecified atom stereocenters.